The number of aryl methyl sites for hydroxylation is 1. The molecule has 0 saturated carbocycles. The average molecular weight is 401 g/mol. The van der Waals surface area contributed by atoms with E-state index in [1.807, 2.05) is 38.1 Å². The first-order chi connectivity index (χ1) is 13.4. The number of benzene rings is 1. The van der Waals surface area contributed by atoms with Crippen LogP contribution >= 0.6 is 11.6 Å². The maximum atomic E-state index is 12.5. The summed E-state index contributed by atoms with van der Waals surface area (Å²) < 4.78 is 7.47. The molecule has 3 rings (SSSR count). The molecule has 7 heteroatoms. The molecule has 6 nitrogen and oxygen atoms in total. The van der Waals surface area contributed by atoms with E-state index < -0.39 is 0 Å². The molecular weight excluding hydrogens is 376 g/mol. The summed E-state index contributed by atoms with van der Waals surface area (Å²) >= 11 is 6.18. The van der Waals surface area contributed by atoms with Gasteiger partial charge in [-0.3, -0.25) is 9.48 Å². The topological polar surface area (TPSA) is 63.3 Å². The number of nitrogens with zero attached hydrogens (tertiary/aromatic N) is 3. The molecule has 2 heterocycles. The van der Waals surface area contributed by atoms with E-state index in [9.17, 15) is 4.79 Å². The molecule has 0 saturated heterocycles. The fourth-order valence-corrected chi connectivity index (χ4v) is 3.23. The number of amides is 1. The summed E-state index contributed by atoms with van der Waals surface area (Å²) in [5.41, 5.74) is 3.50. The Morgan fingerprint density at radius 2 is 1.82 bits per heavy atom. The molecule has 28 heavy (non-hydrogen) atoms. The first-order valence-electron chi connectivity index (χ1n) is 9.37. The average Bonchev–Trinajstić information content (AvgIpc) is 3.25. The van der Waals surface area contributed by atoms with Gasteiger partial charge in [-0.05, 0) is 64.1 Å². The molecule has 0 aliphatic rings. The highest BCUT2D eigenvalue weighted by Gasteiger charge is 2.15. The normalized spacial score (nSPS) is 10.9. The van der Waals surface area contributed by atoms with E-state index in [0.29, 0.717) is 17.3 Å². The van der Waals surface area contributed by atoms with Crippen molar-refractivity contribution < 1.29 is 9.21 Å². The number of halogens is 1. The van der Waals surface area contributed by atoms with Crippen molar-refractivity contribution in [3.05, 3.63) is 64.3 Å². The summed E-state index contributed by atoms with van der Waals surface area (Å²) in [7, 11) is 0. The third kappa shape index (κ3) is 4.22. The van der Waals surface area contributed by atoms with Crippen molar-refractivity contribution in [3.63, 3.8) is 0 Å². The summed E-state index contributed by atoms with van der Waals surface area (Å²) in [5.74, 6) is 0.619. The summed E-state index contributed by atoms with van der Waals surface area (Å²) in [6.45, 7) is 10.3. The lowest BCUT2D eigenvalue weighted by Gasteiger charge is -2.21. The first-order valence-corrected chi connectivity index (χ1v) is 9.75. The van der Waals surface area contributed by atoms with Gasteiger partial charge in [0.05, 0.1) is 23.0 Å². The molecule has 148 valence electrons. The van der Waals surface area contributed by atoms with Gasteiger partial charge in [-0.1, -0.05) is 11.6 Å². The zero-order chi connectivity index (χ0) is 20.3. The van der Waals surface area contributed by atoms with Gasteiger partial charge in [0.1, 0.15) is 5.76 Å². The Hall–Kier alpha value is -2.73. The Morgan fingerprint density at radius 3 is 2.39 bits per heavy atom. The van der Waals surface area contributed by atoms with Crippen LogP contribution in [0.1, 0.15) is 41.6 Å². The number of hydrogen-bond donors (Lipinski definition) is 1. The number of rotatable bonds is 7. The highest BCUT2D eigenvalue weighted by atomic mass is 35.5. The molecule has 1 N–H and O–H groups in total. The lowest BCUT2D eigenvalue weighted by Crippen LogP contribution is -2.21. The molecule has 0 atom stereocenters. The Labute approximate surface area is 170 Å². The van der Waals surface area contributed by atoms with E-state index in [1.165, 1.54) is 0 Å². The first kappa shape index (κ1) is 20.0. The van der Waals surface area contributed by atoms with Gasteiger partial charge in [0.15, 0.2) is 5.76 Å². The second kappa shape index (κ2) is 8.52. The van der Waals surface area contributed by atoms with Crippen LogP contribution in [-0.4, -0.2) is 28.8 Å². The maximum Gasteiger partial charge on any atom is 0.291 e. The monoisotopic (exact) mass is 400 g/mol. The lowest BCUT2D eigenvalue weighted by molar-refractivity contribution is 0.0994. The van der Waals surface area contributed by atoms with Crippen LogP contribution in [0.2, 0.25) is 5.02 Å². The van der Waals surface area contributed by atoms with Crippen molar-refractivity contribution >= 4 is 28.9 Å². The summed E-state index contributed by atoms with van der Waals surface area (Å²) in [5, 5.41) is 7.90. The van der Waals surface area contributed by atoms with Gasteiger partial charge in [-0.2, -0.15) is 5.10 Å². The number of aromatic nitrogens is 2. The smallest absolute Gasteiger partial charge is 0.291 e. The molecular formula is C21H25ClN4O2. The van der Waals surface area contributed by atoms with Crippen molar-refractivity contribution in [1.82, 2.24) is 9.78 Å². The molecule has 0 bridgehead atoms. The van der Waals surface area contributed by atoms with E-state index in [-0.39, 0.29) is 11.7 Å². The quantitative estimate of drug-likeness (QED) is 0.613. The second-order valence-electron chi connectivity index (χ2n) is 6.58. The predicted octanol–water partition coefficient (Wildman–Crippen LogP) is 4.89. The minimum absolute atomic E-state index is 0.260. The molecule has 2 aromatic heterocycles. The van der Waals surface area contributed by atoms with E-state index in [4.69, 9.17) is 16.0 Å². The number of anilines is 2. The number of nitrogens with one attached hydrogen (secondary N) is 1. The molecule has 3 aromatic rings. The van der Waals surface area contributed by atoms with Gasteiger partial charge in [-0.15, -0.1) is 0 Å². The number of carbonyl (C=O) groups is 1. The van der Waals surface area contributed by atoms with Crippen LogP contribution in [0.15, 0.2) is 40.8 Å². The number of hydrogen-bond acceptors (Lipinski definition) is 4. The third-order valence-electron chi connectivity index (χ3n) is 4.74. The summed E-state index contributed by atoms with van der Waals surface area (Å²) in [4.78, 5) is 14.7. The molecule has 0 unspecified atom stereocenters. The van der Waals surface area contributed by atoms with Crippen LogP contribution in [0.3, 0.4) is 0 Å². The van der Waals surface area contributed by atoms with Crippen LogP contribution in [-0.2, 0) is 6.54 Å². The van der Waals surface area contributed by atoms with E-state index >= 15 is 0 Å². The standard InChI is InChI=1S/C21H25ClN4O2/c1-5-25(6-2)17-9-7-16(8-10-17)23-21(27)19-12-11-18(28-19)13-26-15(4)20(22)14(3)24-26/h7-12H,5-6,13H2,1-4H3,(H,23,27). The Morgan fingerprint density at radius 1 is 1.14 bits per heavy atom. The molecule has 0 aliphatic heterocycles. The van der Waals surface area contributed by atoms with Crippen LogP contribution in [0, 0.1) is 13.8 Å². The van der Waals surface area contributed by atoms with E-state index in [2.05, 4.69) is 29.2 Å². The highest BCUT2D eigenvalue weighted by molar-refractivity contribution is 6.31. The lowest BCUT2D eigenvalue weighted by atomic mass is 10.2. The third-order valence-corrected chi connectivity index (χ3v) is 5.28. The zero-order valence-electron chi connectivity index (χ0n) is 16.6. The number of carbonyl (C=O) groups excluding carboxylic acids is 1. The fourth-order valence-electron chi connectivity index (χ4n) is 3.10. The van der Waals surface area contributed by atoms with Crippen molar-refractivity contribution in [2.24, 2.45) is 0 Å². The summed E-state index contributed by atoms with van der Waals surface area (Å²) in [6.07, 6.45) is 0. The molecule has 1 amide bonds. The van der Waals surface area contributed by atoms with Crippen LogP contribution < -0.4 is 10.2 Å². The van der Waals surface area contributed by atoms with Crippen LogP contribution in [0.5, 0.6) is 0 Å². The van der Waals surface area contributed by atoms with Crippen LogP contribution in [0.25, 0.3) is 0 Å². The van der Waals surface area contributed by atoms with Gasteiger partial charge < -0.3 is 14.6 Å². The zero-order valence-corrected chi connectivity index (χ0v) is 17.4. The van der Waals surface area contributed by atoms with Crippen LogP contribution in [0.4, 0.5) is 11.4 Å². The molecule has 0 aliphatic carbocycles. The van der Waals surface area contributed by atoms with Crippen molar-refractivity contribution in [2.75, 3.05) is 23.3 Å². The Kier molecular flexibility index (Phi) is 6.09. The summed E-state index contributed by atoms with van der Waals surface area (Å²) in [6, 6.07) is 11.2. The van der Waals surface area contributed by atoms with Gasteiger partial charge in [0, 0.05) is 24.5 Å². The molecule has 1 aromatic carbocycles. The van der Waals surface area contributed by atoms with Crippen molar-refractivity contribution in [3.8, 4) is 0 Å². The molecule has 0 radical (unpaired) electrons. The predicted molar refractivity (Wildman–Crippen MR) is 112 cm³/mol. The maximum absolute atomic E-state index is 12.5. The number of furan rings is 1. The Balaban J connectivity index is 1.66. The minimum atomic E-state index is -0.284. The Bertz CT molecular complexity index is 955. The fraction of sp³-hybridized carbons (Fsp3) is 0.333. The van der Waals surface area contributed by atoms with E-state index in [1.54, 1.807) is 16.8 Å². The van der Waals surface area contributed by atoms with E-state index in [0.717, 1.165) is 35.9 Å². The largest absolute Gasteiger partial charge is 0.454 e. The second-order valence-corrected chi connectivity index (χ2v) is 6.96. The SMILES string of the molecule is CCN(CC)c1ccc(NC(=O)c2ccc(Cn3nc(C)c(Cl)c3C)o2)cc1. The van der Waals surface area contributed by atoms with Crippen molar-refractivity contribution in [1.29, 1.82) is 0 Å². The highest BCUT2D eigenvalue weighted by Crippen LogP contribution is 2.21. The van der Waals surface area contributed by atoms with Gasteiger partial charge in [-0.25, -0.2) is 0 Å². The van der Waals surface area contributed by atoms with Gasteiger partial charge >= 0.3 is 0 Å². The van der Waals surface area contributed by atoms with Gasteiger partial charge in [0.25, 0.3) is 5.91 Å². The minimum Gasteiger partial charge on any atom is -0.454 e. The van der Waals surface area contributed by atoms with Crippen molar-refractivity contribution in [2.45, 2.75) is 34.2 Å². The molecule has 0 spiro atoms. The molecule has 0 fully saturated rings. The van der Waals surface area contributed by atoms with Gasteiger partial charge in [0.2, 0.25) is 0 Å².